The number of nitrogens with one attached hydrogen (secondary N) is 1. The molecule has 1 aromatic carbocycles. The van der Waals surface area contributed by atoms with Crippen LogP contribution in [-0.2, 0) is 4.74 Å². The summed E-state index contributed by atoms with van der Waals surface area (Å²) >= 11 is 0. The minimum absolute atomic E-state index is 0.479. The van der Waals surface area contributed by atoms with Crippen molar-refractivity contribution in [1.82, 2.24) is 5.32 Å². The topological polar surface area (TPSA) is 81.5 Å². The van der Waals surface area contributed by atoms with Gasteiger partial charge in [-0.05, 0) is 12.1 Å². The fourth-order valence-electron chi connectivity index (χ4n) is 1.73. The third kappa shape index (κ3) is 2.44. The first kappa shape index (κ1) is 13.1. The van der Waals surface area contributed by atoms with Gasteiger partial charge in [-0.1, -0.05) is 0 Å². The maximum atomic E-state index is 13.6. The van der Waals surface area contributed by atoms with Crippen molar-refractivity contribution >= 4 is 11.8 Å². The summed E-state index contributed by atoms with van der Waals surface area (Å²) in [6, 6.07) is 0.236. The molecule has 0 radical (unpaired) electrons. The van der Waals surface area contributed by atoms with E-state index in [1.807, 2.05) is 0 Å². The Morgan fingerprint density at radius 1 is 1.47 bits per heavy atom. The summed E-state index contributed by atoms with van der Waals surface area (Å²) in [5.41, 5.74) is -1.31. The van der Waals surface area contributed by atoms with E-state index >= 15 is 0 Å². The molecule has 1 aliphatic rings. The molecule has 1 saturated heterocycles. The molecule has 19 heavy (non-hydrogen) atoms. The van der Waals surface area contributed by atoms with Gasteiger partial charge in [-0.25, -0.2) is 18.0 Å². The van der Waals surface area contributed by atoms with Crippen molar-refractivity contribution in [2.45, 2.75) is 12.0 Å². The van der Waals surface area contributed by atoms with Gasteiger partial charge in [0.2, 0.25) is 0 Å². The molecule has 0 aliphatic carbocycles. The summed E-state index contributed by atoms with van der Waals surface area (Å²) in [7, 11) is 0. The maximum Gasteiger partial charge on any atom is 0.408 e. The number of nitro groups is 1. The lowest BCUT2D eigenvalue weighted by atomic mass is 9.98. The highest BCUT2D eigenvalue weighted by atomic mass is 19.3. The van der Waals surface area contributed by atoms with E-state index in [2.05, 4.69) is 4.74 Å². The van der Waals surface area contributed by atoms with Crippen molar-refractivity contribution in [3.8, 4) is 0 Å². The number of carbonyl (C=O) groups is 1. The number of hydrogen-bond donors (Lipinski definition) is 1. The number of halogens is 3. The van der Waals surface area contributed by atoms with E-state index in [0.717, 1.165) is 12.1 Å². The number of amides is 1. The number of benzene rings is 1. The van der Waals surface area contributed by atoms with Gasteiger partial charge in [0, 0.05) is 0 Å². The van der Waals surface area contributed by atoms with Gasteiger partial charge < -0.3 is 10.1 Å². The molecule has 102 valence electrons. The molecule has 0 saturated carbocycles. The zero-order chi connectivity index (χ0) is 14.2. The van der Waals surface area contributed by atoms with Crippen LogP contribution in [-0.4, -0.2) is 23.5 Å². The summed E-state index contributed by atoms with van der Waals surface area (Å²) in [5.74, 6) is -4.46. The van der Waals surface area contributed by atoms with Gasteiger partial charge >= 0.3 is 12.0 Å². The van der Waals surface area contributed by atoms with Crippen LogP contribution in [0.1, 0.15) is 11.6 Å². The second kappa shape index (κ2) is 4.41. The molecule has 0 aromatic heterocycles. The summed E-state index contributed by atoms with van der Waals surface area (Å²) in [6.07, 6.45) is -1.12. The molecule has 1 amide bonds. The van der Waals surface area contributed by atoms with Gasteiger partial charge in [-0.15, -0.1) is 0 Å². The largest absolute Gasteiger partial charge is 0.443 e. The molecule has 6 nitrogen and oxygen atoms in total. The SMILES string of the molecule is O=C1N[C@H](c2ccc(F)cc2[N+](=O)[O-])C(F)(F)CO1. The highest BCUT2D eigenvalue weighted by molar-refractivity contribution is 5.69. The summed E-state index contributed by atoms with van der Waals surface area (Å²) in [5, 5.41) is 12.6. The number of ether oxygens (including phenoxy) is 1. The van der Waals surface area contributed by atoms with Crippen LogP contribution in [0.4, 0.5) is 23.7 Å². The second-order valence-electron chi connectivity index (χ2n) is 3.87. The van der Waals surface area contributed by atoms with Gasteiger partial charge in [-0.2, -0.15) is 0 Å². The van der Waals surface area contributed by atoms with Crippen LogP contribution in [0.5, 0.6) is 0 Å². The first-order valence-electron chi connectivity index (χ1n) is 5.06. The molecule has 0 spiro atoms. The van der Waals surface area contributed by atoms with Crippen LogP contribution in [0.25, 0.3) is 0 Å². The Bertz CT molecular complexity index is 550. The number of nitrogens with zero attached hydrogens (tertiary/aromatic N) is 1. The smallest absolute Gasteiger partial charge is 0.408 e. The number of carbonyl (C=O) groups excluding carboxylic acids is 1. The van der Waals surface area contributed by atoms with E-state index in [9.17, 15) is 28.1 Å². The number of rotatable bonds is 2. The van der Waals surface area contributed by atoms with E-state index in [-0.39, 0.29) is 0 Å². The monoisotopic (exact) mass is 276 g/mol. The van der Waals surface area contributed by atoms with E-state index in [4.69, 9.17) is 0 Å². The predicted molar refractivity (Wildman–Crippen MR) is 55.2 cm³/mol. The highest BCUT2D eigenvalue weighted by Gasteiger charge is 2.49. The van der Waals surface area contributed by atoms with Gasteiger partial charge in [0.1, 0.15) is 11.9 Å². The van der Waals surface area contributed by atoms with Crippen molar-refractivity contribution in [3.05, 3.63) is 39.7 Å². The number of nitro benzene ring substituents is 1. The Morgan fingerprint density at radius 3 is 2.79 bits per heavy atom. The minimum atomic E-state index is -3.53. The number of alkyl carbamates (subject to hydrolysis) is 1. The normalized spacial score (nSPS) is 21.4. The molecule has 9 heteroatoms. The van der Waals surface area contributed by atoms with Crippen LogP contribution in [0.15, 0.2) is 18.2 Å². The van der Waals surface area contributed by atoms with Gasteiger partial charge in [0.15, 0.2) is 6.61 Å². The van der Waals surface area contributed by atoms with E-state index < -0.39 is 46.7 Å². The Hall–Kier alpha value is -2.32. The number of alkyl halides is 2. The molecule has 1 fully saturated rings. The standard InChI is InChI=1S/C10H7F3N2O4/c11-5-1-2-6(7(3-5)15(17)18)8-10(12,13)4-19-9(16)14-8/h1-3,8H,4H2,(H,14,16)/t8-/m1/s1. The average molecular weight is 276 g/mol. The molecule has 2 rings (SSSR count). The molecular weight excluding hydrogens is 269 g/mol. The summed E-state index contributed by atoms with van der Waals surface area (Å²) in [4.78, 5) is 20.7. The van der Waals surface area contributed by atoms with Gasteiger partial charge in [0.05, 0.1) is 16.6 Å². The van der Waals surface area contributed by atoms with Gasteiger partial charge in [-0.3, -0.25) is 10.1 Å². The lowest BCUT2D eigenvalue weighted by Gasteiger charge is -2.31. The zero-order valence-electron chi connectivity index (χ0n) is 9.23. The van der Waals surface area contributed by atoms with Crippen molar-refractivity contribution in [2.24, 2.45) is 0 Å². The second-order valence-corrected chi connectivity index (χ2v) is 3.87. The molecular formula is C10H7F3N2O4. The molecule has 1 aromatic rings. The van der Waals surface area contributed by atoms with Crippen LogP contribution in [0.2, 0.25) is 0 Å². The van der Waals surface area contributed by atoms with Crippen LogP contribution in [0.3, 0.4) is 0 Å². The third-order valence-electron chi connectivity index (χ3n) is 2.58. The third-order valence-corrected chi connectivity index (χ3v) is 2.58. The molecule has 1 heterocycles. The Morgan fingerprint density at radius 2 is 2.16 bits per heavy atom. The maximum absolute atomic E-state index is 13.6. The molecule has 1 N–H and O–H groups in total. The Balaban J connectivity index is 2.50. The van der Waals surface area contributed by atoms with Crippen molar-refractivity contribution in [3.63, 3.8) is 0 Å². The van der Waals surface area contributed by atoms with Crippen LogP contribution >= 0.6 is 0 Å². The number of cyclic esters (lactones) is 1. The van der Waals surface area contributed by atoms with Crippen molar-refractivity contribution in [2.75, 3.05) is 6.61 Å². The molecule has 0 unspecified atom stereocenters. The van der Waals surface area contributed by atoms with Crippen molar-refractivity contribution in [1.29, 1.82) is 0 Å². The van der Waals surface area contributed by atoms with E-state index in [0.29, 0.717) is 6.07 Å². The fraction of sp³-hybridized carbons (Fsp3) is 0.300. The predicted octanol–water partition coefficient (Wildman–Crippen LogP) is 2.15. The highest BCUT2D eigenvalue weighted by Crippen LogP contribution is 2.38. The first-order valence-corrected chi connectivity index (χ1v) is 5.06. The minimum Gasteiger partial charge on any atom is -0.443 e. The lowest BCUT2D eigenvalue weighted by molar-refractivity contribution is -0.386. The van der Waals surface area contributed by atoms with E-state index in [1.165, 1.54) is 0 Å². The van der Waals surface area contributed by atoms with Gasteiger partial charge in [0.25, 0.3) is 5.69 Å². The Kier molecular flexibility index (Phi) is 3.05. The molecule has 1 aliphatic heterocycles. The van der Waals surface area contributed by atoms with Crippen LogP contribution in [0, 0.1) is 15.9 Å². The fourth-order valence-corrected chi connectivity index (χ4v) is 1.73. The lowest BCUT2D eigenvalue weighted by Crippen LogP contribution is -2.49. The Labute approximate surface area is 104 Å². The first-order chi connectivity index (χ1) is 8.81. The summed E-state index contributed by atoms with van der Waals surface area (Å²) < 4.78 is 44.3. The molecule has 1 atom stereocenters. The average Bonchev–Trinajstić information content (AvgIpc) is 2.32. The summed E-state index contributed by atoms with van der Waals surface area (Å²) in [6.45, 7) is -1.20. The quantitative estimate of drug-likeness (QED) is 0.662. The number of hydrogen-bond acceptors (Lipinski definition) is 4. The zero-order valence-corrected chi connectivity index (χ0v) is 9.23. The van der Waals surface area contributed by atoms with Crippen LogP contribution < -0.4 is 5.32 Å². The van der Waals surface area contributed by atoms with Crippen molar-refractivity contribution < 1.29 is 27.6 Å². The molecule has 0 bridgehead atoms. The van der Waals surface area contributed by atoms with E-state index in [1.54, 1.807) is 5.32 Å².